The number of aliphatic carboxylic acids is 1. The quantitative estimate of drug-likeness (QED) is 0.553. The Morgan fingerprint density at radius 1 is 1.25 bits per heavy atom. The third-order valence-corrected chi connectivity index (χ3v) is 5.22. The maximum absolute atomic E-state index is 13.4. The Kier molecular flexibility index (Phi) is 6.00. The van der Waals surface area contributed by atoms with E-state index in [-0.39, 0.29) is 12.3 Å². The molecule has 1 aliphatic rings. The highest BCUT2D eigenvalue weighted by Gasteiger charge is 2.29. The Balaban J connectivity index is 1.65. The van der Waals surface area contributed by atoms with Gasteiger partial charge in [0.05, 0.1) is 24.4 Å². The van der Waals surface area contributed by atoms with E-state index in [0.717, 1.165) is 0 Å². The van der Waals surface area contributed by atoms with Crippen LogP contribution in [-0.4, -0.2) is 46.9 Å². The molecule has 170 valence electrons. The summed E-state index contributed by atoms with van der Waals surface area (Å²) in [6.45, 7) is -0.988. The molecule has 4 rings (SSSR count). The zero-order valence-electron chi connectivity index (χ0n) is 16.7. The molecule has 0 atom stereocenters. The molecule has 0 radical (unpaired) electrons. The first-order chi connectivity index (χ1) is 15.2. The van der Waals surface area contributed by atoms with E-state index in [9.17, 15) is 27.5 Å². The molecular formula is C21H19F4N3O4. The van der Waals surface area contributed by atoms with Crippen molar-refractivity contribution >= 4 is 22.8 Å². The molecule has 0 unspecified atom stereocenters. The van der Waals surface area contributed by atoms with E-state index in [1.165, 1.54) is 12.3 Å². The first-order valence-corrected chi connectivity index (χ1v) is 9.87. The molecule has 1 aromatic carbocycles. The van der Waals surface area contributed by atoms with Crippen molar-refractivity contribution in [1.29, 1.82) is 0 Å². The highest BCUT2D eigenvalue weighted by Crippen LogP contribution is 2.33. The topological polar surface area (TPSA) is 88.7 Å². The van der Waals surface area contributed by atoms with Crippen LogP contribution in [0.3, 0.4) is 0 Å². The highest BCUT2D eigenvalue weighted by atomic mass is 19.4. The van der Waals surface area contributed by atoms with Crippen molar-refractivity contribution in [2.24, 2.45) is 5.92 Å². The Morgan fingerprint density at radius 2 is 2.00 bits per heavy atom. The Hall–Kier alpha value is -3.21. The molecule has 7 nitrogen and oxygen atoms in total. The molecular weight excluding hydrogens is 434 g/mol. The zero-order valence-corrected chi connectivity index (χ0v) is 16.7. The fourth-order valence-corrected chi connectivity index (χ4v) is 3.68. The number of benzene rings is 1. The minimum atomic E-state index is -4.45. The summed E-state index contributed by atoms with van der Waals surface area (Å²) in [6, 6.07) is 5.47. The van der Waals surface area contributed by atoms with Gasteiger partial charge in [-0.1, -0.05) is 0 Å². The number of carboxylic acids is 1. The Labute approximate surface area is 179 Å². The highest BCUT2D eigenvalue weighted by molar-refractivity contribution is 5.85. The molecule has 1 fully saturated rings. The molecule has 32 heavy (non-hydrogen) atoms. The van der Waals surface area contributed by atoms with Gasteiger partial charge in [-0.2, -0.15) is 17.6 Å². The number of carboxylic acid groups (broad SMARTS) is 1. The van der Waals surface area contributed by atoms with E-state index in [0.29, 0.717) is 54.0 Å². The number of hydrogen-bond donors (Lipinski definition) is 1. The summed E-state index contributed by atoms with van der Waals surface area (Å²) in [4.78, 5) is 22.0. The number of nitrogens with zero attached hydrogens (tertiary/aromatic N) is 3. The molecule has 0 amide bonds. The van der Waals surface area contributed by atoms with Crippen molar-refractivity contribution in [3.8, 4) is 11.3 Å². The normalized spacial score (nSPS) is 15.4. The predicted octanol–water partition coefficient (Wildman–Crippen LogP) is 4.41. The smallest absolute Gasteiger partial charge is 0.411 e. The standard InChI is InChI=1S/C21H19F4N3O4/c22-17-8-14-7-13(1-2-16(14)32-17)18-19(28-5-3-12(4-6-28)20(29)30)27-15(9-26-18)10-31-11-21(23,24)25/h1-2,7-9,12H,3-6,10-11H2,(H,29,30). The lowest BCUT2D eigenvalue weighted by Gasteiger charge is -2.32. The van der Waals surface area contributed by atoms with Gasteiger partial charge in [0.1, 0.15) is 17.9 Å². The number of aromatic nitrogens is 2. The van der Waals surface area contributed by atoms with E-state index in [1.54, 1.807) is 18.2 Å². The van der Waals surface area contributed by atoms with E-state index < -0.39 is 30.7 Å². The average molecular weight is 453 g/mol. The Morgan fingerprint density at radius 3 is 2.69 bits per heavy atom. The van der Waals surface area contributed by atoms with E-state index in [4.69, 9.17) is 9.15 Å². The third-order valence-electron chi connectivity index (χ3n) is 5.22. The molecule has 3 heterocycles. The largest absolute Gasteiger partial charge is 0.481 e. The summed E-state index contributed by atoms with van der Waals surface area (Å²) in [6.07, 6.45) is -2.32. The van der Waals surface area contributed by atoms with Crippen molar-refractivity contribution in [3.63, 3.8) is 0 Å². The van der Waals surface area contributed by atoms with E-state index in [1.807, 2.05) is 4.90 Å². The number of rotatable bonds is 6. The Bertz CT molecular complexity index is 1120. The summed E-state index contributed by atoms with van der Waals surface area (Å²) in [5, 5.41) is 9.77. The van der Waals surface area contributed by atoms with Crippen LogP contribution in [-0.2, 0) is 16.1 Å². The fourth-order valence-electron chi connectivity index (χ4n) is 3.68. The van der Waals surface area contributed by atoms with Crippen LogP contribution in [0.2, 0.25) is 0 Å². The number of ether oxygens (including phenoxy) is 1. The fraction of sp³-hybridized carbons (Fsp3) is 0.381. The van der Waals surface area contributed by atoms with Crippen LogP contribution < -0.4 is 4.90 Å². The molecule has 1 N–H and O–H groups in total. The summed E-state index contributed by atoms with van der Waals surface area (Å²) in [5.41, 5.74) is 1.63. The van der Waals surface area contributed by atoms with Crippen LogP contribution in [0.1, 0.15) is 18.5 Å². The zero-order chi connectivity index (χ0) is 22.9. The van der Waals surface area contributed by atoms with Gasteiger partial charge in [-0.3, -0.25) is 9.78 Å². The maximum Gasteiger partial charge on any atom is 0.411 e. The summed E-state index contributed by atoms with van der Waals surface area (Å²) >= 11 is 0. The second kappa shape index (κ2) is 8.73. The SMILES string of the molecule is O=C(O)C1CCN(c2nc(COCC(F)(F)F)cnc2-c2ccc3oc(F)cc3c2)CC1. The molecule has 11 heteroatoms. The van der Waals surface area contributed by atoms with E-state index >= 15 is 0 Å². The number of carbonyl (C=O) groups is 1. The monoisotopic (exact) mass is 453 g/mol. The van der Waals surface area contributed by atoms with Gasteiger partial charge in [-0.25, -0.2) is 4.98 Å². The lowest BCUT2D eigenvalue weighted by atomic mass is 9.97. The van der Waals surface area contributed by atoms with Crippen molar-refractivity contribution in [3.05, 3.63) is 42.2 Å². The number of piperidine rings is 1. The van der Waals surface area contributed by atoms with Crippen LogP contribution in [0.4, 0.5) is 23.4 Å². The van der Waals surface area contributed by atoms with Crippen LogP contribution in [0.25, 0.3) is 22.2 Å². The number of fused-ring (bicyclic) bond motifs is 1. The predicted molar refractivity (Wildman–Crippen MR) is 105 cm³/mol. The van der Waals surface area contributed by atoms with Gasteiger partial charge in [0.25, 0.3) is 6.01 Å². The van der Waals surface area contributed by atoms with Gasteiger partial charge >= 0.3 is 12.1 Å². The van der Waals surface area contributed by atoms with Gasteiger partial charge in [-0.15, -0.1) is 0 Å². The van der Waals surface area contributed by atoms with Crippen LogP contribution in [0.15, 0.2) is 34.9 Å². The first-order valence-electron chi connectivity index (χ1n) is 9.87. The number of anilines is 1. The summed E-state index contributed by atoms with van der Waals surface area (Å²) < 4.78 is 60.3. The van der Waals surface area contributed by atoms with Gasteiger partial charge in [0, 0.05) is 30.1 Å². The van der Waals surface area contributed by atoms with Gasteiger partial charge < -0.3 is 19.2 Å². The molecule has 1 aliphatic heterocycles. The van der Waals surface area contributed by atoms with Gasteiger partial charge in [-0.05, 0) is 31.0 Å². The molecule has 3 aromatic rings. The van der Waals surface area contributed by atoms with Gasteiger partial charge in [0.2, 0.25) is 0 Å². The van der Waals surface area contributed by atoms with Crippen molar-refractivity contribution in [1.82, 2.24) is 9.97 Å². The van der Waals surface area contributed by atoms with Crippen molar-refractivity contribution in [2.45, 2.75) is 25.6 Å². The second-order valence-electron chi connectivity index (χ2n) is 7.54. The van der Waals surface area contributed by atoms with Gasteiger partial charge in [0.15, 0.2) is 5.82 Å². The van der Waals surface area contributed by atoms with Crippen LogP contribution in [0.5, 0.6) is 0 Å². The molecule has 0 aliphatic carbocycles. The average Bonchev–Trinajstić information content (AvgIpc) is 3.12. The number of hydrogen-bond acceptors (Lipinski definition) is 6. The summed E-state index contributed by atoms with van der Waals surface area (Å²) in [7, 11) is 0. The molecule has 1 saturated heterocycles. The van der Waals surface area contributed by atoms with E-state index in [2.05, 4.69) is 9.97 Å². The lowest BCUT2D eigenvalue weighted by molar-refractivity contribution is -0.176. The summed E-state index contributed by atoms with van der Waals surface area (Å²) in [5.74, 6) is -0.922. The van der Waals surface area contributed by atoms with Crippen LogP contribution >= 0.6 is 0 Å². The molecule has 0 bridgehead atoms. The number of alkyl halides is 3. The number of halogens is 4. The molecule has 2 aromatic heterocycles. The molecule has 0 spiro atoms. The third kappa shape index (κ3) is 4.98. The second-order valence-corrected chi connectivity index (χ2v) is 7.54. The first kappa shape index (κ1) is 22.0. The maximum atomic E-state index is 13.4. The lowest BCUT2D eigenvalue weighted by Crippen LogP contribution is -2.37. The van der Waals surface area contributed by atoms with Crippen molar-refractivity contribution < 1.29 is 36.6 Å². The molecule has 0 saturated carbocycles. The van der Waals surface area contributed by atoms with Crippen molar-refractivity contribution in [2.75, 3.05) is 24.6 Å². The van der Waals surface area contributed by atoms with Crippen LogP contribution in [0, 0.1) is 11.9 Å². The number of furan rings is 1. The minimum Gasteiger partial charge on any atom is -0.481 e. The minimum absolute atomic E-state index is 0.212.